The van der Waals surface area contributed by atoms with E-state index in [0.29, 0.717) is 28.3 Å². The summed E-state index contributed by atoms with van der Waals surface area (Å²) in [5.74, 6) is 0.0389. The van der Waals surface area contributed by atoms with Crippen molar-refractivity contribution in [3.8, 4) is 17.6 Å². The van der Waals surface area contributed by atoms with Crippen LogP contribution in [0.15, 0.2) is 84.4 Å². The van der Waals surface area contributed by atoms with Gasteiger partial charge in [-0.05, 0) is 60.2 Å². The Balaban J connectivity index is 1.67. The Bertz CT molecular complexity index is 1100. The Hall–Kier alpha value is -4.37. The van der Waals surface area contributed by atoms with Crippen molar-refractivity contribution < 1.29 is 19.1 Å². The highest BCUT2D eigenvalue weighted by Crippen LogP contribution is 2.18. The topological polar surface area (TPSA) is 88.4 Å². The van der Waals surface area contributed by atoms with Gasteiger partial charge < -0.3 is 14.8 Å². The van der Waals surface area contributed by atoms with E-state index >= 15 is 0 Å². The highest BCUT2D eigenvalue weighted by atomic mass is 16.5. The summed E-state index contributed by atoms with van der Waals surface area (Å²) in [5, 5.41) is 12.0. The first-order valence-corrected chi connectivity index (χ1v) is 9.03. The number of carbonyl (C=O) groups excluding carboxylic acids is 2. The van der Waals surface area contributed by atoms with Crippen LogP contribution in [0.2, 0.25) is 0 Å². The molecule has 3 aromatic rings. The first-order chi connectivity index (χ1) is 14.6. The Morgan fingerprint density at radius 3 is 2.13 bits per heavy atom. The molecular weight excluding hydrogens is 380 g/mol. The molecule has 0 aliphatic heterocycles. The number of anilines is 1. The molecule has 0 spiro atoms. The van der Waals surface area contributed by atoms with Crippen LogP contribution in [-0.4, -0.2) is 19.0 Å². The van der Waals surface area contributed by atoms with Gasteiger partial charge in [-0.2, -0.15) is 5.26 Å². The molecule has 0 radical (unpaired) electrons. The third kappa shape index (κ3) is 5.33. The number of nitrogens with one attached hydrogen (secondary N) is 1. The van der Waals surface area contributed by atoms with Gasteiger partial charge >= 0.3 is 5.97 Å². The van der Waals surface area contributed by atoms with Crippen LogP contribution in [0.25, 0.3) is 6.08 Å². The molecule has 0 unspecified atom stereocenters. The van der Waals surface area contributed by atoms with Crippen molar-refractivity contribution in [2.24, 2.45) is 0 Å². The number of nitrogens with zero attached hydrogens (tertiary/aromatic N) is 1. The third-order valence-electron chi connectivity index (χ3n) is 4.12. The molecule has 0 saturated carbocycles. The zero-order chi connectivity index (χ0) is 21.3. The Morgan fingerprint density at radius 1 is 0.900 bits per heavy atom. The summed E-state index contributed by atoms with van der Waals surface area (Å²) < 4.78 is 10.4. The number of amides is 1. The summed E-state index contributed by atoms with van der Waals surface area (Å²) in [4.78, 5) is 24.5. The zero-order valence-corrected chi connectivity index (χ0v) is 16.2. The first-order valence-electron chi connectivity index (χ1n) is 9.03. The highest BCUT2D eigenvalue weighted by molar-refractivity contribution is 6.09. The summed E-state index contributed by atoms with van der Waals surface area (Å²) in [6.07, 6.45) is 1.46. The summed E-state index contributed by atoms with van der Waals surface area (Å²) in [7, 11) is 1.55. The number of rotatable bonds is 6. The van der Waals surface area contributed by atoms with Crippen molar-refractivity contribution in [3.05, 3.63) is 95.6 Å². The lowest BCUT2D eigenvalue weighted by atomic mass is 10.1. The normalized spacial score (nSPS) is 10.6. The lowest BCUT2D eigenvalue weighted by Gasteiger charge is -2.06. The second-order valence-electron chi connectivity index (χ2n) is 6.18. The fraction of sp³-hybridized carbons (Fsp3) is 0.0417. The minimum Gasteiger partial charge on any atom is -0.497 e. The van der Waals surface area contributed by atoms with Gasteiger partial charge in [-0.1, -0.05) is 30.3 Å². The molecule has 0 aliphatic rings. The van der Waals surface area contributed by atoms with E-state index in [1.165, 1.54) is 6.08 Å². The Morgan fingerprint density at radius 2 is 1.53 bits per heavy atom. The average molecular weight is 398 g/mol. The van der Waals surface area contributed by atoms with Gasteiger partial charge in [0.25, 0.3) is 5.91 Å². The SMILES string of the molecule is COc1ccc(NC(=O)/C(C#N)=C/c2ccc(OC(=O)c3ccccc3)cc2)cc1. The number of hydrogen-bond acceptors (Lipinski definition) is 5. The van der Waals surface area contributed by atoms with Crippen molar-refractivity contribution >= 4 is 23.6 Å². The quantitative estimate of drug-likeness (QED) is 0.287. The van der Waals surface area contributed by atoms with Crippen LogP contribution in [-0.2, 0) is 4.79 Å². The summed E-state index contributed by atoms with van der Waals surface area (Å²) >= 11 is 0. The molecule has 0 heterocycles. The molecule has 0 aliphatic carbocycles. The zero-order valence-electron chi connectivity index (χ0n) is 16.2. The van der Waals surface area contributed by atoms with Crippen molar-refractivity contribution in [1.82, 2.24) is 0 Å². The van der Waals surface area contributed by atoms with Crippen LogP contribution >= 0.6 is 0 Å². The number of methoxy groups -OCH3 is 1. The van der Waals surface area contributed by atoms with Crippen molar-refractivity contribution in [3.63, 3.8) is 0 Å². The number of hydrogen-bond donors (Lipinski definition) is 1. The van der Waals surface area contributed by atoms with Gasteiger partial charge in [0.05, 0.1) is 12.7 Å². The predicted octanol–water partition coefficient (Wildman–Crippen LogP) is 4.46. The Labute approximate surface area is 174 Å². The molecule has 6 heteroatoms. The minimum absolute atomic E-state index is 0.0557. The van der Waals surface area contributed by atoms with E-state index in [-0.39, 0.29) is 5.57 Å². The van der Waals surface area contributed by atoms with E-state index < -0.39 is 11.9 Å². The number of esters is 1. The molecule has 1 amide bonds. The summed E-state index contributed by atoms with van der Waals surface area (Å²) in [5.41, 5.74) is 1.56. The molecule has 1 N–H and O–H groups in total. The molecule has 6 nitrogen and oxygen atoms in total. The van der Waals surface area contributed by atoms with Crippen LogP contribution < -0.4 is 14.8 Å². The molecule has 0 atom stereocenters. The second kappa shape index (κ2) is 9.71. The molecule has 0 saturated heterocycles. The predicted molar refractivity (Wildman–Crippen MR) is 113 cm³/mol. The average Bonchev–Trinajstić information content (AvgIpc) is 2.79. The minimum atomic E-state index is -0.526. The molecule has 0 aromatic heterocycles. The van der Waals surface area contributed by atoms with Crippen LogP contribution in [0.1, 0.15) is 15.9 Å². The van der Waals surface area contributed by atoms with Gasteiger partial charge in [-0.25, -0.2) is 4.79 Å². The summed E-state index contributed by atoms with van der Waals surface area (Å²) in [6.45, 7) is 0. The van der Waals surface area contributed by atoms with Crippen LogP contribution in [0.4, 0.5) is 5.69 Å². The molecule has 0 bridgehead atoms. The van der Waals surface area contributed by atoms with Gasteiger partial charge in [0.2, 0.25) is 0 Å². The lowest BCUT2D eigenvalue weighted by Crippen LogP contribution is -2.13. The maximum Gasteiger partial charge on any atom is 0.343 e. The van der Waals surface area contributed by atoms with Crippen molar-refractivity contribution in [2.75, 3.05) is 12.4 Å². The third-order valence-corrected chi connectivity index (χ3v) is 4.12. The van der Waals surface area contributed by atoms with Crippen molar-refractivity contribution in [1.29, 1.82) is 5.26 Å². The molecule has 148 valence electrons. The molecule has 3 aromatic carbocycles. The molecule has 3 rings (SSSR count). The first kappa shape index (κ1) is 20.4. The summed E-state index contributed by atoms with van der Waals surface area (Å²) in [6, 6.07) is 23.9. The van der Waals surface area contributed by atoms with E-state index in [2.05, 4.69) is 5.32 Å². The van der Waals surface area contributed by atoms with Gasteiger partial charge in [0.15, 0.2) is 0 Å². The smallest absolute Gasteiger partial charge is 0.343 e. The van der Waals surface area contributed by atoms with Crippen LogP contribution in [0, 0.1) is 11.3 Å². The number of carbonyl (C=O) groups is 2. The fourth-order valence-corrected chi connectivity index (χ4v) is 2.56. The maximum atomic E-state index is 12.4. The fourth-order valence-electron chi connectivity index (χ4n) is 2.56. The maximum absolute atomic E-state index is 12.4. The molecule has 30 heavy (non-hydrogen) atoms. The largest absolute Gasteiger partial charge is 0.497 e. The van der Waals surface area contributed by atoms with Gasteiger partial charge in [-0.15, -0.1) is 0 Å². The number of benzene rings is 3. The Kier molecular flexibility index (Phi) is 6.59. The van der Waals surface area contributed by atoms with Gasteiger partial charge in [0, 0.05) is 5.69 Å². The van der Waals surface area contributed by atoms with E-state index in [0.717, 1.165) is 0 Å². The number of nitriles is 1. The monoisotopic (exact) mass is 398 g/mol. The standard InChI is InChI=1S/C24H18N2O4/c1-29-21-13-9-20(10-14-21)26-23(27)19(16-25)15-17-7-11-22(12-8-17)30-24(28)18-5-3-2-4-6-18/h2-15H,1H3,(H,26,27)/b19-15+. The molecule has 0 fully saturated rings. The van der Waals surface area contributed by atoms with Crippen molar-refractivity contribution in [2.45, 2.75) is 0 Å². The van der Waals surface area contributed by atoms with E-state index in [1.807, 2.05) is 12.1 Å². The van der Waals surface area contributed by atoms with E-state index in [9.17, 15) is 14.9 Å². The molecular formula is C24H18N2O4. The lowest BCUT2D eigenvalue weighted by molar-refractivity contribution is -0.112. The van der Waals surface area contributed by atoms with E-state index in [1.54, 1.807) is 79.9 Å². The van der Waals surface area contributed by atoms with Crippen LogP contribution in [0.5, 0.6) is 11.5 Å². The highest BCUT2D eigenvalue weighted by Gasteiger charge is 2.11. The van der Waals surface area contributed by atoms with Crippen LogP contribution in [0.3, 0.4) is 0 Å². The second-order valence-corrected chi connectivity index (χ2v) is 6.18. The van der Waals surface area contributed by atoms with Gasteiger partial charge in [0.1, 0.15) is 23.1 Å². The van der Waals surface area contributed by atoms with E-state index in [4.69, 9.17) is 9.47 Å². The van der Waals surface area contributed by atoms with Gasteiger partial charge in [-0.3, -0.25) is 4.79 Å². The number of ether oxygens (including phenoxy) is 2.